The Balaban J connectivity index is 1.57. The lowest BCUT2D eigenvalue weighted by atomic mass is 10.3. The molecular weight excluding hydrogens is 314 g/mol. The molecule has 0 bridgehead atoms. The fourth-order valence-electron chi connectivity index (χ4n) is 2.67. The number of aromatic nitrogens is 5. The molecule has 0 aromatic carbocycles. The second-order valence-corrected chi connectivity index (χ2v) is 6.31. The van der Waals surface area contributed by atoms with Crippen LogP contribution in [0.5, 0.6) is 0 Å². The van der Waals surface area contributed by atoms with Gasteiger partial charge in [-0.2, -0.15) is 8.75 Å². The van der Waals surface area contributed by atoms with E-state index in [4.69, 9.17) is 0 Å². The summed E-state index contributed by atoms with van der Waals surface area (Å²) in [5, 5.41) is 11.0. The lowest BCUT2D eigenvalue weighted by molar-refractivity contribution is 0.0944. The minimum atomic E-state index is -0.166. The number of hydrogen-bond donors (Lipinski definition) is 1. The quantitative estimate of drug-likeness (QED) is 0.832. The summed E-state index contributed by atoms with van der Waals surface area (Å²) in [6.07, 6.45) is 2.51. The van der Waals surface area contributed by atoms with Crippen molar-refractivity contribution < 1.29 is 4.79 Å². The summed E-state index contributed by atoms with van der Waals surface area (Å²) in [4.78, 5) is 14.6. The summed E-state index contributed by atoms with van der Waals surface area (Å²) in [5.74, 6) is -0.166. The number of likely N-dealkylation sites (tertiary alicyclic amines) is 1. The molecule has 0 radical (unpaired) electrons. The van der Waals surface area contributed by atoms with Gasteiger partial charge in [-0.25, -0.2) is 4.68 Å². The van der Waals surface area contributed by atoms with Crippen LogP contribution in [0.2, 0.25) is 0 Å². The molecule has 2 aromatic heterocycles. The molecule has 9 heteroatoms. The van der Waals surface area contributed by atoms with E-state index >= 15 is 0 Å². The van der Waals surface area contributed by atoms with E-state index in [1.54, 1.807) is 4.68 Å². The van der Waals surface area contributed by atoms with Gasteiger partial charge in [0.05, 0.1) is 35.4 Å². The lowest BCUT2D eigenvalue weighted by Crippen LogP contribution is -2.34. The first-order chi connectivity index (χ1) is 11.1. The summed E-state index contributed by atoms with van der Waals surface area (Å²) >= 11 is 1.18. The Hall–Kier alpha value is -1.87. The fraction of sp³-hybridized carbons (Fsp3) is 0.643. The van der Waals surface area contributed by atoms with Crippen LogP contribution in [0.3, 0.4) is 0 Å². The van der Waals surface area contributed by atoms with E-state index in [2.05, 4.69) is 29.3 Å². The maximum atomic E-state index is 12.3. The zero-order chi connectivity index (χ0) is 16.2. The first-order valence-corrected chi connectivity index (χ1v) is 8.57. The topological polar surface area (TPSA) is 88.8 Å². The number of hydrogen-bond acceptors (Lipinski definition) is 7. The van der Waals surface area contributed by atoms with Gasteiger partial charge in [0.25, 0.3) is 5.91 Å². The Morgan fingerprint density at radius 2 is 2.04 bits per heavy atom. The molecule has 1 aliphatic heterocycles. The molecule has 3 rings (SSSR count). The third-order valence-corrected chi connectivity index (χ3v) is 4.81. The van der Waals surface area contributed by atoms with Crippen molar-refractivity contribution in [3.8, 4) is 0 Å². The van der Waals surface area contributed by atoms with Crippen molar-refractivity contribution in [2.24, 2.45) is 0 Å². The van der Waals surface area contributed by atoms with E-state index in [0.717, 1.165) is 36.7 Å². The fourth-order valence-corrected chi connectivity index (χ4v) is 3.23. The molecular formula is C14H21N7OS. The number of amides is 1. The van der Waals surface area contributed by atoms with Crippen LogP contribution < -0.4 is 5.32 Å². The zero-order valence-electron chi connectivity index (χ0n) is 13.4. The molecule has 1 amide bonds. The molecule has 3 heterocycles. The SMILES string of the molecule is Cc1nsnc1Cn1nnc(C(=O)NCCN2CCCC2)c1C. The van der Waals surface area contributed by atoms with Crippen molar-refractivity contribution in [3.63, 3.8) is 0 Å². The van der Waals surface area contributed by atoms with Crippen LogP contribution in [0.4, 0.5) is 0 Å². The number of carbonyl (C=O) groups excluding carboxylic acids is 1. The van der Waals surface area contributed by atoms with E-state index in [9.17, 15) is 4.79 Å². The number of nitrogens with zero attached hydrogens (tertiary/aromatic N) is 6. The molecule has 0 atom stereocenters. The Morgan fingerprint density at radius 1 is 1.26 bits per heavy atom. The summed E-state index contributed by atoms with van der Waals surface area (Å²) in [6, 6.07) is 0. The van der Waals surface area contributed by atoms with Gasteiger partial charge in [-0.05, 0) is 39.8 Å². The summed E-state index contributed by atoms with van der Waals surface area (Å²) < 4.78 is 10.1. The molecule has 1 saturated heterocycles. The van der Waals surface area contributed by atoms with Crippen LogP contribution in [-0.4, -0.2) is 60.7 Å². The minimum Gasteiger partial charge on any atom is -0.349 e. The Kier molecular flexibility index (Phi) is 4.97. The number of nitrogens with one attached hydrogen (secondary N) is 1. The van der Waals surface area contributed by atoms with Gasteiger partial charge in [0.1, 0.15) is 0 Å². The van der Waals surface area contributed by atoms with E-state index < -0.39 is 0 Å². The second kappa shape index (κ2) is 7.14. The third kappa shape index (κ3) is 3.73. The van der Waals surface area contributed by atoms with Crippen LogP contribution in [0.15, 0.2) is 0 Å². The Morgan fingerprint density at radius 3 is 2.74 bits per heavy atom. The van der Waals surface area contributed by atoms with Gasteiger partial charge in [-0.1, -0.05) is 5.21 Å². The molecule has 0 spiro atoms. The van der Waals surface area contributed by atoms with Gasteiger partial charge in [0.2, 0.25) is 0 Å². The highest BCUT2D eigenvalue weighted by Gasteiger charge is 2.18. The monoisotopic (exact) mass is 335 g/mol. The summed E-state index contributed by atoms with van der Waals surface area (Å²) in [5.41, 5.74) is 2.88. The molecule has 1 aliphatic rings. The number of rotatable bonds is 6. The highest BCUT2D eigenvalue weighted by molar-refractivity contribution is 6.99. The molecule has 8 nitrogen and oxygen atoms in total. The van der Waals surface area contributed by atoms with Crippen LogP contribution >= 0.6 is 11.7 Å². The summed E-state index contributed by atoms with van der Waals surface area (Å²) in [7, 11) is 0. The van der Waals surface area contributed by atoms with Gasteiger partial charge in [0, 0.05) is 13.1 Å². The lowest BCUT2D eigenvalue weighted by Gasteiger charge is -2.14. The average Bonchev–Trinajstić information content (AvgIpc) is 3.24. The van der Waals surface area contributed by atoms with Gasteiger partial charge >= 0.3 is 0 Å². The number of carbonyl (C=O) groups is 1. The van der Waals surface area contributed by atoms with Crippen LogP contribution in [0.25, 0.3) is 0 Å². The standard InChI is InChI=1S/C14H21N7OS/c1-10-12(18-23-17-10)9-21-11(2)13(16-19-21)14(22)15-5-8-20-6-3-4-7-20/h3-9H2,1-2H3,(H,15,22). The molecule has 0 aliphatic carbocycles. The average molecular weight is 335 g/mol. The van der Waals surface area contributed by atoms with Crippen molar-refractivity contribution in [1.82, 2.24) is 34.0 Å². The molecule has 1 N–H and O–H groups in total. The third-order valence-electron chi connectivity index (χ3n) is 4.16. The predicted octanol–water partition coefficient (Wildman–Crippen LogP) is 0.620. The first kappa shape index (κ1) is 16.0. The van der Waals surface area contributed by atoms with Crippen molar-refractivity contribution in [3.05, 3.63) is 22.8 Å². The van der Waals surface area contributed by atoms with Crippen molar-refractivity contribution in [1.29, 1.82) is 0 Å². The number of aryl methyl sites for hydroxylation is 1. The highest BCUT2D eigenvalue weighted by Crippen LogP contribution is 2.10. The zero-order valence-corrected chi connectivity index (χ0v) is 14.3. The van der Waals surface area contributed by atoms with E-state index in [1.165, 1.54) is 24.6 Å². The van der Waals surface area contributed by atoms with Crippen molar-refractivity contribution in [2.75, 3.05) is 26.2 Å². The largest absolute Gasteiger partial charge is 0.349 e. The van der Waals surface area contributed by atoms with Crippen molar-refractivity contribution in [2.45, 2.75) is 33.2 Å². The van der Waals surface area contributed by atoms with Crippen LogP contribution in [0, 0.1) is 13.8 Å². The van der Waals surface area contributed by atoms with Crippen molar-refractivity contribution >= 4 is 17.6 Å². The van der Waals surface area contributed by atoms with Gasteiger partial charge in [0.15, 0.2) is 5.69 Å². The maximum Gasteiger partial charge on any atom is 0.273 e. The molecule has 2 aromatic rings. The second-order valence-electron chi connectivity index (χ2n) is 5.78. The molecule has 1 fully saturated rings. The van der Waals surface area contributed by atoms with Gasteiger partial charge < -0.3 is 10.2 Å². The van der Waals surface area contributed by atoms with Crippen LogP contribution in [0.1, 0.15) is 40.4 Å². The molecule has 0 saturated carbocycles. The molecule has 0 unspecified atom stereocenters. The Labute approximate surface area is 139 Å². The Bertz CT molecular complexity index is 674. The van der Waals surface area contributed by atoms with E-state index in [1.807, 2.05) is 13.8 Å². The van der Waals surface area contributed by atoms with E-state index in [0.29, 0.717) is 18.8 Å². The van der Waals surface area contributed by atoms with Gasteiger partial charge in [-0.15, -0.1) is 5.10 Å². The maximum absolute atomic E-state index is 12.3. The van der Waals surface area contributed by atoms with E-state index in [-0.39, 0.29) is 5.91 Å². The predicted molar refractivity (Wildman–Crippen MR) is 86.5 cm³/mol. The van der Waals surface area contributed by atoms with Crippen LogP contribution in [-0.2, 0) is 6.54 Å². The molecule has 23 heavy (non-hydrogen) atoms. The minimum absolute atomic E-state index is 0.166. The molecule has 124 valence electrons. The normalized spacial score (nSPS) is 15.2. The smallest absolute Gasteiger partial charge is 0.273 e. The van der Waals surface area contributed by atoms with Gasteiger partial charge in [-0.3, -0.25) is 4.79 Å². The first-order valence-electron chi connectivity index (χ1n) is 7.84. The summed E-state index contributed by atoms with van der Waals surface area (Å²) in [6.45, 7) is 8.05. The highest BCUT2D eigenvalue weighted by atomic mass is 32.1.